The molecule has 0 atom stereocenters. The summed E-state index contributed by atoms with van der Waals surface area (Å²) in [6.07, 6.45) is 1.43. The Balaban J connectivity index is 3.12. The molecule has 0 spiro atoms. The van der Waals surface area contributed by atoms with Crippen LogP contribution in [0.2, 0.25) is 0 Å². The van der Waals surface area contributed by atoms with Gasteiger partial charge in [-0.1, -0.05) is 32.1 Å². The zero-order valence-corrected chi connectivity index (χ0v) is 10.4. The maximum absolute atomic E-state index is 11.1. The van der Waals surface area contributed by atoms with E-state index in [-0.39, 0.29) is 12.2 Å². The molecule has 0 aliphatic heterocycles. The highest BCUT2D eigenvalue weighted by molar-refractivity contribution is 6.32. The van der Waals surface area contributed by atoms with Crippen LogP contribution in [0.25, 0.3) is 0 Å². The van der Waals surface area contributed by atoms with Crippen LogP contribution in [-0.4, -0.2) is 16.9 Å². The van der Waals surface area contributed by atoms with Crippen LogP contribution in [0.5, 0.6) is 5.75 Å². The van der Waals surface area contributed by atoms with Gasteiger partial charge in [0.15, 0.2) is 5.78 Å². The number of aliphatic carboxylic acids is 1. The standard InChI is InChI=1S/C14H16O4/c1-4-14(2,3)10-7-9(5-6-11(10)15)8-12(16)13(17)18/h4-7,15H,1,8H2,2-3H3,(H,17,18)/p-1. The third kappa shape index (κ3) is 2.97. The minimum absolute atomic E-state index is 0.0875. The van der Waals surface area contributed by atoms with Gasteiger partial charge in [0, 0.05) is 17.4 Å². The van der Waals surface area contributed by atoms with Gasteiger partial charge in [-0.3, -0.25) is 4.79 Å². The number of hydrogen-bond acceptors (Lipinski definition) is 4. The van der Waals surface area contributed by atoms with Crippen molar-refractivity contribution >= 4 is 11.8 Å². The second-order valence-corrected chi connectivity index (χ2v) is 4.66. The van der Waals surface area contributed by atoms with E-state index < -0.39 is 17.2 Å². The highest BCUT2D eigenvalue weighted by Crippen LogP contribution is 2.32. The van der Waals surface area contributed by atoms with Crippen molar-refractivity contribution in [1.82, 2.24) is 0 Å². The van der Waals surface area contributed by atoms with Crippen molar-refractivity contribution in [1.29, 1.82) is 0 Å². The fourth-order valence-electron chi connectivity index (χ4n) is 1.58. The molecule has 1 rings (SSSR count). The Morgan fingerprint density at radius 3 is 2.56 bits per heavy atom. The van der Waals surface area contributed by atoms with Crippen LogP contribution in [-0.2, 0) is 21.4 Å². The number of aromatic hydroxyl groups is 1. The Kier molecular flexibility index (Phi) is 3.91. The summed E-state index contributed by atoms with van der Waals surface area (Å²) >= 11 is 0. The predicted molar refractivity (Wildman–Crippen MR) is 65.0 cm³/mol. The number of benzene rings is 1. The third-order valence-corrected chi connectivity index (χ3v) is 2.86. The average Bonchev–Trinajstić information content (AvgIpc) is 2.31. The lowest BCUT2D eigenvalue weighted by Crippen LogP contribution is -2.32. The normalized spacial score (nSPS) is 11.0. The van der Waals surface area contributed by atoms with Gasteiger partial charge in [0.2, 0.25) is 0 Å². The van der Waals surface area contributed by atoms with Crippen LogP contribution < -0.4 is 5.11 Å². The van der Waals surface area contributed by atoms with Crippen LogP contribution in [0.4, 0.5) is 0 Å². The van der Waals surface area contributed by atoms with Crippen molar-refractivity contribution in [2.24, 2.45) is 0 Å². The Labute approximate surface area is 106 Å². The van der Waals surface area contributed by atoms with Crippen molar-refractivity contribution in [3.8, 4) is 5.75 Å². The summed E-state index contributed by atoms with van der Waals surface area (Å²) in [6, 6.07) is 4.56. The number of allylic oxidation sites excluding steroid dienone is 1. The van der Waals surface area contributed by atoms with Crippen LogP contribution >= 0.6 is 0 Å². The number of rotatable bonds is 5. The lowest BCUT2D eigenvalue weighted by Gasteiger charge is -2.22. The summed E-state index contributed by atoms with van der Waals surface area (Å²) in [6.45, 7) is 7.41. The first kappa shape index (κ1) is 14.0. The number of phenols is 1. The van der Waals surface area contributed by atoms with Gasteiger partial charge in [0.05, 0.1) is 0 Å². The largest absolute Gasteiger partial charge is 0.542 e. The molecular weight excluding hydrogens is 232 g/mol. The van der Waals surface area contributed by atoms with E-state index in [0.717, 1.165) is 0 Å². The molecule has 0 heterocycles. The van der Waals surface area contributed by atoms with E-state index in [1.807, 2.05) is 13.8 Å². The molecule has 0 aliphatic rings. The summed E-state index contributed by atoms with van der Waals surface area (Å²) in [5.41, 5.74) is 0.651. The van der Waals surface area contributed by atoms with E-state index in [0.29, 0.717) is 11.1 Å². The first-order valence-electron chi connectivity index (χ1n) is 5.48. The number of hydrogen-bond donors (Lipinski definition) is 1. The lowest BCUT2D eigenvalue weighted by molar-refractivity contribution is -0.299. The number of phenolic OH excluding ortho intramolecular Hbond substituents is 1. The number of carbonyl (C=O) groups excluding carboxylic acids is 2. The van der Waals surface area contributed by atoms with Gasteiger partial charge in [-0.05, 0) is 11.6 Å². The highest BCUT2D eigenvalue weighted by Gasteiger charge is 2.20. The summed E-state index contributed by atoms with van der Waals surface area (Å²) < 4.78 is 0. The van der Waals surface area contributed by atoms with Crippen LogP contribution in [0.3, 0.4) is 0 Å². The van der Waals surface area contributed by atoms with Crippen molar-refractivity contribution in [2.45, 2.75) is 25.7 Å². The maximum atomic E-state index is 11.1. The van der Waals surface area contributed by atoms with Crippen molar-refractivity contribution in [3.05, 3.63) is 42.0 Å². The fourth-order valence-corrected chi connectivity index (χ4v) is 1.58. The molecule has 0 saturated heterocycles. The van der Waals surface area contributed by atoms with Gasteiger partial charge in [-0.2, -0.15) is 0 Å². The smallest absolute Gasteiger partial charge is 0.182 e. The van der Waals surface area contributed by atoms with E-state index in [2.05, 4.69) is 6.58 Å². The second-order valence-electron chi connectivity index (χ2n) is 4.66. The minimum Gasteiger partial charge on any atom is -0.542 e. The maximum Gasteiger partial charge on any atom is 0.182 e. The van der Waals surface area contributed by atoms with Gasteiger partial charge in [0.25, 0.3) is 0 Å². The van der Waals surface area contributed by atoms with Crippen LogP contribution in [0, 0.1) is 0 Å². The average molecular weight is 247 g/mol. The van der Waals surface area contributed by atoms with E-state index in [4.69, 9.17) is 0 Å². The first-order chi connectivity index (χ1) is 8.27. The lowest BCUT2D eigenvalue weighted by atomic mass is 9.83. The molecular formula is C14H15O4-. The molecule has 0 amide bonds. The number of carboxylic acid groups (broad SMARTS) is 1. The molecule has 0 aliphatic carbocycles. The van der Waals surface area contributed by atoms with E-state index >= 15 is 0 Å². The molecule has 4 heteroatoms. The van der Waals surface area contributed by atoms with Gasteiger partial charge < -0.3 is 15.0 Å². The predicted octanol–water partition coefficient (Wildman–Crippen LogP) is 0.717. The van der Waals surface area contributed by atoms with Gasteiger partial charge >= 0.3 is 0 Å². The Morgan fingerprint density at radius 1 is 1.44 bits per heavy atom. The SMILES string of the molecule is C=CC(C)(C)c1cc(CC(=O)C(=O)[O-])ccc1O. The molecule has 0 radical (unpaired) electrons. The van der Waals surface area contributed by atoms with Crippen LogP contribution in [0.15, 0.2) is 30.9 Å². The second kappa shape index (κ2) is 5.04. The quantitative estimate of drug-likeness (QED) is 0.614. The molecule has 0 saturated carbocycles. The van der Waals surface area contributed by atoms with Gasteiger partial charge in [-0.25, -0.2) is 0 Å². The molecule has 0 fully saturated rings. The summed E-state index contributed by atoms with van der Waals surface area (Å²) in [7, 11) is 0. The van der Waals surface area contributed by atoms with E-state index in [1.165, 1.54) is 12.1 Å². The molecule has 4 nitrogen and oxygen atoms in total. The Morgan fingerprint density at radius 2 is 2.06 bits per heavy atom. The number of Topliss-reactive ketones (excluding diaryl/α,β-unsaturated/α-hetero) is 1. The first-order valence-corrected chi connectivity index (χ1v) is 5.48. The molecule has 0 bridgehead atoms. The zero-order chi connectivity index (χ0) is 13.9. The highest BCUT2D eigenvalue weighted by atomic mass is 16.4. The van der Waals surface area contributed by atoms with Gasteiger partial charge in [-0.15, -0.1) is 6.58 Å². The van der Waals surface area contributed by atoms with Crippen molar-refractivity contribution < 1.29 is 19.8 Å². The van der Waals surface area contributed by atoms with Crippen molar-refractivity contribution in [2.75, 3.05) is 0 Å². The molecule has 1 aromatic carbocycles. The summed E-state index contributed by atoms with van der Waals surface area (Å²) in [5.74, 6) is -2.60. The van der Waals surface area contributed by atoms with Crippen molar-refractivity contribution in [3.63, 3.8) is 0 Å². The Hall–Kier alpha value is -2.10. The summed E-state index contributed by atoms with van der Waals surface area (Å²) in [4.78, 5) is 21.5. The Bertz CT molecular complexity index is 501. The monoisotopic (exact) mass is 247 g/mol. The third-order valence-electron chi connectivity index (χ3n) is 2.86. The number of ketones is 1. The number of carboxylic acids is 1. The molecule has 96 valence electrons. The van der Waals surface area contributed by atoms with E-state index in [9.17, 15) is 19.8 Å². The fraction of sp³-hybridized carbons (Fsp3) is 0.286. The summed E-state index contributed by atoms with van der Waals surface area (Å²) in [5, 5.41) is 20.2. The molecule has 1 N–H and O–H groups in total. The topological polar surface area (TPSA) is 77.4 Å². The molecule has 1 aromatic rings. The molecule has 0 unspecified atom stereocenters. The van der Waals surface area contributed by atoms with Gasteiger partial charge in [0.1, 0.15) is 11.7 Å². The minimum atomic E-state index is -1.70. The van der Waals surface area contributed by atoms with E-state index in [1.54, 1.807) is 12.1 Å². The molecule has 18 heavy (non-hydrogen) atoms. The van der Waals surface area contributed by atoms with Crippen LogP contribution in [0.1, 0.15) is 25.0 Å². The zero-order valence-electron chi connectivity index (χ0n) is 10.4. The number of carbonyl (C=O) groups is 2. The molecule has 0 aromatic heterocycles.